The summed E-state index contributed by atoms with van der Waals surface area (Å²) < 4.78 is 11.3. The largest absolute Gasteiger partial charge is 0.481 e. The number of amides is 2. The molecule has 0 spiro atoms. The van der Waals surface area contributed by atoms with Crippen molar-refractivity contribution < 1.29 is 19.1 Å². The molecule has 1 N–H and O–H groups in total. The number of carbonyl (C=O) groups excluding carboxylic acids is 2. The predicted octanol–water partition coefficient (Wildman–Crippen LogP) is 3.57. The minimum absolute atomic E-state index is 0.104. The van der Waals surface area contributed by atoms with Crippen molar-refractivity contribution in [3.8, 4) is 5.75 Å². The highest BCUT2D eigenvalue weighted by molar-refractivity contribution is 6.04. The van der Waals surface area contributed by atoms with Crippen molar-refractivity contribution in [3.63, 3.8) is 0 Å². The highest BCUT2D eigenvalue weighted by Crippen LogP contribution is 2.21. The lowest BCUT2D eigenvalue weighted by Crippen LogP contribution is -2.41. The summed E-state index contributed by atoms with van der Waals surface area (Å²) in [5.74, 6) is 0.295. The predicted molar refractivity (Wildman–Crippen MR) is 112 cm³/mol. The Morgan fingerprint density at radius 3 is 2.41 bits per heavy atom. The molecular formula is C23H28N2O4. The SMILES string of the molecule is CCC(Oc1cc(C)cc(C)c1)C(=O)Nc1ccccc1C(=O)N1CCOCC1. The molecule has 0 aliphatic carbocycles. The van der Waals surface area contributed by atoms with E-state index in [-0.39, 0.29) is 11.8 Å². The molecule has 2 amide bonds. The smallest absolute Gasteiger partial charge is 0.265 e. The van der Waals surface area contributed by atoms with Gasteiger partial charge in [0.05, 0.1) is 24.5 Å². The number of carbonyl (C=O) groups is 2. The Labute approximate surface area is 171 Å². The quantitative estimate of drug-likeness (QED) is 0.811. The maximum atomic E-state index is 12.9. The van der Waals surface area contributed by atoms with Crippen molar-refractivity contribution in [2.24, 2.45) is 0 Å². The van der Waals surface area contributed by atoms with Crippen LogP contribution in [0.2, 0.25) is 0 Å². The van der Waals surface area contributed by atoms with Gasteiger partial charge in [-0.25, -0.2) is 0 Å². The number of hydrogen-bond donors (Lipinski definition) is 1. The molecule has 0 aromatic heterocycles. The summed E-state index contributed by atoms with van der Waals surface area (Å²) in [7, 11) is 0. The maximum Gasteiger partial charge on any atom is 0.265 e. The standard InChI is InChI=1S/C23H28N2O4/c1-4-21(29-18-14-16(2)13-17(3)15-18)22(26)24-20-8-6-5-7-19(20)23(27)25-9-11-28-12-10-25/h5-8,13-15,21H,4,9-12H2,1-3H3,(H,24,26). The van der Waals surface area contributed by atoms with E-state index in [1.54, 1.807) is 29.2 Å². The summed E-state index contributed by atoms with van der Waals surface area (Å²) in [5.41, 5.74) is 3.13. The van der Waals surface area contributed by atoms with E-state index in [9.17, 15) is 9.59 Å². The summed E-state index contributed by atoms with van der Waals surface area (Å²) in [6, 6.07) is 13.0. The molecule has 154 valence electrons. The van der Waals surface area contributed by atoms with E-state index in [0.29, 0.717) is 49.7 Å². The average Bonchev–Trinajstić information content (AvgIpc) is 2.71. The minimum Gasteiger partial charge on any atom is -0.481 e. The molecule has 29 heavy (non-hydrogen) atoms. The Morgan fingerprint density at radius 2 is 1.76 bits per heavy atom. The van der Waals surface area contributed by atoms with Crippen LogP contribution in [-0.4, -0.2) is 49.1 Å². The molecule has 6 heteroatoms. The molecule has 2 aromatic carbocycles. The number of anilines is 1. The van der Waals surface area contributed by atoms with E-state index in [1.807, 2.05) is 32.9 Å². The Morgan fingerprint density at radius 1 is 1.10 bits per heavy atom. The van der Waals surface area contributed by atoms with Crippen LogP contribution in [0.5, 0.6) is 5.75 Å². The van der Waals surface area contributed by atoms with Gasteiger partial charge >= 0.3 is 0 Å². The van der Waals surface area contributed by atoms with E-state index in [4.69, 9.17) is 9.47 Å². The summed E-state index contributed by atoms with van der Waals surface area (Å²) >= 11 is 0. The van der Waals surface area contributed by atoms with Crippen LogP contribution < -0.4 is 10.1 Å². The topological polar surface area (TPSA) is 67.9 Å². The Kier molecular flexibility index (Phi) is 6.88. The van der Waals surface area contributed by atoms with Gasteiger partial charge in [-0.05, 0) is 55.7 Å². The van der Waals surface area contributed by atoms with E-state index in [2.05, 4.69) is 11.4 Å². The van der Waals surface area contributed by atoms with Gasteiger partial charge < -0.3 is 19.7 Å². The Balaban J connectivity index is 1.74. The van der Waals surface area contributed by atoms with Gasteiger partial charge in [0.15, 0.2) is 6.10 Å². The molecule has 0 saturated carbocycles. The third-order valence-electron chi connectivity index (χ3n) is 4.85. The Hall–Kier alpha value is -2.86. The van der Waals surface area contributed by atoms with Gasteiger partial charge in [-0.1, -0.05) is 25.1 Å². The fourth-order valence-corrected chi connectivity index (χ4v) is 3.42. The second-order valence-electron chi connectivity index (χ2n) is 7.28. The third-order valence-corrected chi connectivity index (χ3v) is 4.85. The van der Waals surface area contributed by atoms with Crippen molar-refractivity contribution in [2.75, 3.05) is 31.6 Å². The molecule has 0 radical (unpaired) electrons. The van der Waals surface area contributed by atoms with Crippen molar-refractivity contribution in [1.29, 1.82) is 0 Å². The molecule has 1 atom stereocenters. The molecular weight excluding hydrogens is 368 g/mol. The third kappa shape index (κ3) is 5.35. The lowest BCUT2D eigenvalue weighted by Gasteiger charge is -2.27. The monoisotopic (exact) mass is 396 g/mol. The van der Waals surface area contributed by atoms with Crippen molar-refractivity contribution in [3.05, 3.63) is 59.2 Å². The summed E-state index contributed by atoms with van der Waals surface area (Å²) in [4.78, 5) is 27.5. The second-order valence-corrected chi connectivity index (χ2v) is 7.28. The maximum absolute atomic E-state index is 12.9. The van der Waals surface area contributed by atoms with Crippen LogP contribution >= 0.6 is 0 Å². The van der Waals surface area contributed by atoms with E-state index >= 15 is 0 Å². The number of para-hydroxylation sites is 1. The number of rotatable bonds is 6. The first-order chi connectivity index (χ1) is 14.0. The molecule has 1 saturated heterocycles. The van der Waals surface area contributed by atoms with Crippen molar-refractivity contribution in [2.45, 2.75) is 33.3 Å². The lowest BCUT2D eigenvalue weighted by atomic mass is 10.1. The molecule has 1 fully saturated rings. The van der Waals surface area contributed by atoms with Crippen LogP contribution in [0.1, 0.15) is 34.8 Å². The Bertz CT molecular complexity index is 855. The van der Waals surface area contributed by atoms with Gasteiger partial charge in [-0.2, -0.15) is 0 Å². The van der Waals surface area contributed by atoms with Gasteiger partial charge in [0, 0.05) is 13.1 Å². The number of ether oxygens (including phenoxy) is 2. The number of morpholine rings is 1. The average molecular weight is 396 g/mol. The van der Waals surface area contributed by atoms with E-state index < -0.39 is 6.10 Å². The minimum atomic E-state index is -0.650. The number of hydrogen-bond acceptors (Lipinski definition) is 4. The van der Waals surface area contributed by atoms with Gasteiger partial charge in [-0.15, -0.1) is 0 Å². The molecule has 1 heterocycles. The highest BCUT2D eigenvalue weighted by Gasteiger charge is 2.24. The number of aryl methyl sites for hydroxylation is 2. The zero-order valence-electron chi connectivity index (χ0n) is 17.2. The van der Waals surface area contributed by atoms with Crippen molar-refractivity contribution >= 4 is 17.5 Å². The first kappa shape index (κ1) is 20.9. The van der Waals surface area contributed by atoms with E-state index in [0.717, 1.165) is 11.1 Å². The van der Waals surface area contributed by atoms with Crippen LogP contribution in [0.3, 0.4) is 0 Å². The number of nitrogens with zero attached hydrogens (tertiary/aromatic N) is 1. The van der Waals surface area contributed by atoms with Gasteiger partial charge in [0.25, 0.3) is 11.8 Å². The summed E-state index contributed by atoms with van der Waals surface area (Å²) in [6.45, 7) is 8.05. The van der Waals surface area contributed by atoms with Gasteiger partial charge in [0.1, 0.15) is 5.75 Å². The first-order valence-corrected chi connectivity index (χ1v) is 9.99. The van der Waals surface area contributed by atoms with Crippen molar-refractivity contribution in [1.82, 2.24) is 4.90 Å². The fraction of sp³-hybridized carbons (Fsp3) is 0.391. The van der Waals surface area contributed by atoms with Gasteiger partial charge in [-0.3, -0.25) is 9.59 Å². The van der Waals surface area contributed by atoms with Crippen LogP contribution in [-0.2, 0) is 9.53 Å². The molecule has 6 nitrogen and oxygen atoms in total. The molecule has 1 aliphatic heterocycles. The summed E-state index contributed by atoms with van der Waals surface area (Å²) in [5, 5.41) is 2.89. The molecule has 1 aliphatic rings. The van der Waals surface area contributed by atoms with Crippen LogP contribution in [0.15, 0.2) is 42.5 Å². The first-order valence-electron chi connectivity index (χ1n) is 9.99. The van der Waals surface area contributed by atoms with Crippen LogP contribution in [0.4, 0.5) is 5.69 Å². The summed E-state index contributed by atoms with van der Waals surface area (Å²) in [6.07, 6.45) is -0.138. The fourth-order valence-electron chi connectivity index (χ4n) is 3.42. The van der Waals surface area contributed by atoms with Crippen LogP contribution in [0, 0.1) is 13.8 Å². The molecule has 0 bridgehead atoms. The van der Waals surface area contributed by atoms with Crippen LogP contribution in [0.25, 0.3) is 0 Å². The molecule has 3 rings (SSSR count). The lowest BCUT2D eigenvalue weighted by molar-refractivity contribution is -0.122. The molecule has 2 aromatic rings. The second kappa shape index (κ2) is 9.56. The van der Waals surface area contributed by atoms with E-state index in [1.165, 1.54) is 0 Å². The number of benzene rings is 2. The normalized spacial score (nSPS) is 14.9. The zero-order chi connectivity index (χ0) is 20.8. The molecule has 1 unspecified atom stereocenters. The zero-order valence-corrected chi connectivity index (χ0v) is 17.2. The number of nitrogens with one attached hydrogen (secondary N) is 1. The van der Waals surface area contributed by atoms with Gasteiger partial charge in [0.2, 0.25) is 0 Å². The highest BCUT2D eigenvalue weighted by atomic mass is 16.5.